The lowest BCUT2D eigenvalue weighted by Crippen LogP contribution is -2.07. The van der Waals surface area contributed by atoms with Crippen LogP contribution in [0.15, 0.2) is 79.6 Å². The van der Waals surface area contributed by atoms with Gasteiger partial charge in [0.15, 0.2) is 11.6 Å². The van der Waals surface area contributed by atoms with E-state index in [1.54, 1.807) is 36.8 Å². The molecule has 0 fully saturated rings. The molecule has 0 aliphatic heterocycles. The van der Waals surface area contributed by atoms with Gasteiger partial charge in [0, 0.05) is 29.9 Å². The van der Waals surface area contributed by atoms with Crippen LogP contribution in [0.1, 0.15) is 30.7 Å². The average molecular weight is 464 g/mol. The highest BCUT2D eigenvalue weighted by atomic mass is 19.1. The molecule has 0 spiro atoms. The number of rotatable bonds is 7. The van der Waals surface area contributed by atoms with Crippen molar-refractivity contribution in [1.29, 1.82) is 5.26 Å². The van der Waals surface area contributed by atoms with Gasteiger partial charge >= 0.3 is 0 Å². The van der Waals surface area contributed by atoms with E-state index in [0.717, 1.165) is 16.5 Å². The summed E-state index contributed by atoms with van der Waals surface area (Å²) in [5, 5.41) is 13.5. The molecule has 0 saturated heterocycles. The highest BCUT2D eigenvalue weighted by Gasteiger charge is 2.15. The van der Waals surface area contributed by atoms with Gasteiger partial charge in [0.1, 0.15) is 18.1 Å². The molecule has 7 nitrogen and oxygen atoms in total. The van der Waals surface area contributed by atoms with Gasteiger partial charge in [0.2, 0.25) is 0 Å². The van der Waals surface area contributed by atoms with Crippen LogP contribution in [0.5, 0.6) is 0 Å². The van der Waals surface area contributed by atoms with E-state index >= 15 is 4.39 Å². The molecule has 0 unspecified atom stereocenters. The highest BCUT2D eigenvalue weighted by Crippen LogP contribution is 2.25. The molecule has 0 aliphatic carbocycles. The number of nitrogens with zero attached hydrogens (tertiary/aromatic N) is 6. The second-order valence-electron chi connectivity index (χ2n) is 7.80. The lowest BCUT2D eigenvalue weighted by atomic mass is 10.0. The zero-order valence-corrected chi connectivity index (χ0v) is 19.3. The molecule has 4 rings (SSSR count). The number of nitrogens with one attached hydrogen (secondary N) is 1. The lowest BCUT2D eigenvalue weighted by molar-refractivity contribution is 0.620. The molecule has 4 heterocycles. The molecule has 0 bridgehead atoms. The fraction of sp³-hybridized carbons (Fsp3) is 0.111. The quantitative estimate of drug-likeness (QED) is 0.354. The molecule has 0 saturated carbocycles. The predicted octanol–water partition coefficient (Wildman–Crippen LogP) is 5.64. The van der Waals surface area contributed by atoms with Crippen LogP contribution in [0.4, 0.5) is 10.2 Å². The Morgan fingerprint density at radius 3 is 2.80 bits per heavy atom. The minimum absolute atomic E-state index is 0.0300. The summed E-state index contributed by atoms with van der Waals surface area (Å²) in [4.78, 5) is 21.1. The summed E-state index contributed by atoms with van der Waals surface area (Å²) in [5.41, 5.74) is 4.49. The molecule has 0 aliphatic rings. The van der Waals surface area contributed by atoms with Gasteiger partial charge in [-0.3, -0.25) is 15.0 Å². The summed E-state index contributed by atoms with van der Waals surface area (Å²) in [5.74, 6) is -0.587. The Balaban J connectivity index is 1.59. The van der Waals surface area contributed by atoms with Crippen LogP contribution in [0.3, 0.4) is 0 Å². The maximum absolute atomic E-state index is 15.2. The van der Waals surface area contributed by atoms with Crippen molar-refractivity contribution < 1.29 is 4.39 Å². The monoisotopic (exact) mass is 463 g/mol. The summed E-state index contributed by atoms with van der Waals surface area (Å²) < 4.78 is 15.2. The number of fused-ring (bicyclic) bond motifs is 1. The van der Waals surface area contributed by atoms with E-state index in [0.29, 0.717) is 28.0 Å². The van der Waals surface area contributed by atoms with E-state index in [2.05, 4.69) is 42.9 Å². The number of pyridine rings is 3. The fourth-order valence-electron chi connectivity index (χ4n) is 3.52. The Kier molecular flexibility index (Phi) is 6.98. The summed E-state index contributed by atoms with van der Waals surface area (Å²) in [6.07, 6.45) is 11.8. The van der Waals surface area contributed by atoms with Crippen molar-refractivity contribution in [3.63, 3.8) is 0 Å². The van der Waals surface area contributed by atoms with Crippen molar-refractivity contribution in [2.45, 2.75) is 20.4 Å². The topological polar surface area (TPSA) is 100 Å². The molecule has 35 heavy (non-hydrogen) atoms. The molecule has 4 aromatic heterocycles. The first kappa shape index (κ1) is 23.4. The van der Waals surface area contributed by atoms with Crippen LogP contribution >= 0.6 is 0 Å². The Morgan fingerprint density at radius 2 is 2.03 bits per heavy atom. The Bertz CT molecular complexity index is 1520. The van der Waals surface area contributed by atoms with Crippen molar-refractivity contribution >= 4 is 22.3 Å². The molecule has 1 N–H and O–H groups in total. The van der Waals surface area contributed by atoms with Gasteiger partial charge in [0.05, 0.1) is 28.7 Å². The number of anilines is 1. The third-order valence-electron chi connectivity index (χ3n) is 5.07. The minimum Gasteiger partial charge on any atom is -0.363 e. The van der Waals surface area contributed by atoms with Crippen molar-refractivity contribution in [3.8, 4) is 17.5 Å². The number of hydrogen-bond donors (Lipinski definition) is 1. The normalized spacial score (nSPS) is 11.5. The maximum atomic E-state index is 15.2. The largest absolute Gasteiger partial charge is 0.363 e. The maximum Gasteiger partial charge on any atom is 0.193 e. The number of aromatic nitrogens is 5. The summed E-state index contributed by atoms with van der Waals surface area (Å²) in [7, 11) is 0. The summed E-state index contributed by atoms with van der Waals surface area (Å²) in [6, 6.07) is 9.34. The first-order chi connectivity index (χ1) is 17.0. The van der Waals surface area contributed by atoms with Crippen molar-refractivity contribution in [3.05, 3.63) is 102 Å². The van der Waals surface area contributed by atoms with E-state index in [9.17, 15) is 5.26 Å². The van der Waals surface area contributed by atoms with Gasteiger partial charge in [-0.25, -0.2) is 14.4 Å². The van der Waals surface area contributed by atoms with Crippen LogP contribution in [0.25, 0.3) is 27.9 Å². The van der Waals surface area contributed by atoms with E-state index < -0.39 is 5.82 Å². The zero-order valence-electron chi connectivity index (χ0n) is 19.3. The van der Waals surface area contributed by atoms with Crippen molar-refractivity contribution in [1.82, 2.24) is 24.9 Å². The van der Waals surface area contributed by atoms with Crippen molar-refractivity contribution in [2.75, 3.05) is 5.32 Å². The summed E-state index contributed by atoms with van der Waals surface area (Å²) >= 11 is 0. The lowest BCUT2D eigenvalue weighted by Gasteiger charge is -2.11. The first-order valence-electron chi connectivity index (χ1n) is 10.8. The molecule has 0 atom stereocenters. The third-order valence-corrected chi connectivity index (χ3v) is 5.07. The first-order valence-corrected chi connectivity index (χ1v) is 10.8. The van der Waals surface area contributed by atoms with Crippen molar-refractivity contribution in [2.24, 2.45) is 0 Å². The number of hydrogen-bond acceptors (Lipinski definition) is 7. The van der Waals surface area contributed by atoms with E-state index in [-0.39, 0.29) is 18.1 Å². The molecule has 172 valence electrons. The van der Waals surface area contributed by atoms with Gasteiger partial charge in [-0.05, 0) is 37.6 Å². The van der Waals surface area contributed by atoms with E-state index in [1.165, 1.54) is 6.33 Å². The number of nitriles is 1. The third kappa shape index (κ3) is 5.25. The molecular formula is C27H22FN7. The zero-order chi connectivity index (χ0) is 24.8. The average Bonchev–Trinajstić information content (AvgIpc) is 2.87. The molecule has 0 amide bonds. The van der Waals surface area contributed by atoms with Gasteiger partial charge < -0.3 is 5.32 Å². The second kappa shape index (κ2) is 10.4. The molecule has 8 heteroatoms. The Morgan fingerprint density at radius 1 is 1.17 bits per heavy atom. The molecule has 4 aromatic rings. The van der Waals surface area contributed by atoms with Crippen LogP contribution in [-0.4, -0.2) is 24.9 Å². The minimum atomic E-state index is -0.618. The van der Waals surface area contributed by atoms with Gasteiger partial charge in [-0.1, -0.05) is 36.4 Å². The molecular weight excluding hydrogens is 441 g/mol. The van der Waals surface area contributed by atoms with E-state index in [4.69, 9.17) is 0 Å². The number of allylic oxidation sites excluding steroid dienone is 5. The SMILES string of the molecule is C=C(C)/C=C(\C=C/C)c1ncc(CNc2ncnc(-c3cc4cccnc4cn3)c2F)cc1C#N. The second-order valence-corrected chi connectivity index (χ2v) is 7.80. The van der Waals surface area contributed by atoms with Gasteiger partial charge in [0.25, 0.3) is 0 Å². The molecule has 0 aromatic carbocycles. The van der Waals surface area contributed by atoms with Gasteiger partial charge in [-0.2, -0.15) is 5.26 Å². The Labute approximate surface area is 202 Å². The molecule has 0 radical (unpaired) electrons. The van der Waals surface area contributed by atoms with E-state index in [1.807, 2.05) is 38.1 Å². The van der Waals surface area contributed by atoms with Crippen LogP contribution in [0.2, 0.25) is 0 Å². The van der Waals surface area contributed by atoms with Crippen LogP contribution < -0.4 is 5.32 Å². The van der Waals surface area contributed by atoms with Crippen LogP contribution in [-0.2, 0) is 6.54 Å². The van der Waals surface area contributed by atoms with Gasteiger partial charge in [-0.15, -0.1) is 0 Å². The fourth-order valence-corrected chi connectivity index (χ4v) is 3.52. The predicted molar refractivity (Wildman–Crippen MR) is 134 cm³/mol. The Hall–Kier alpha value is -4.77. The summed E-state index contributed by atoms with van der Waals surface area (Å²) in [6.45, 7) is 7.89. The smallest absolute Gasteiger partial charge is 0.193 e. The number of halogens is 1. The van der Waals surface area contributed by atoms with Crippen LogP contribution in [0, 0.1) is 17.1 Å². The highest BCUT2D eigenvalue weighted by molar-refractivity contribution is 5.81. The standard InChI is InChI=1S/C27H22FN7/c1-4-6-20(9-17(2)3)25-21(12-29)10-18(13-32-25)14-33-27-24(28)26(34-16-35-27)22-11-19-7-5-8-30-23(19)15-31-22/h4-11,13,15-16H,2,14H2,1,3H3,(H,33,34,35)/b6-4-,20-9+.